The van der Waals surface area contributed by atoms with Crippen LogP contribution in [0.4, 0.5) is 11.5 Å². The number of aryl methyl sites for hydroxylation is 1. The van der Waals surface area contributed by atoms with Crippen LogP contribution in [0.25, 0.3) is 11.0 Å². The van der Waals surface area contributed by atoms with E-state index in [4.69, 9.17) is 4.99 Å². The van der Waals surface area contributed by atoms with Crippen LogP contribution < -0.4 is 15.5 Å². The third-order valence-electron chi connectivity index (χ3n) is 4.67. The predicted octanol–water partition coefficient (Wildman–Crippen LogP) is 1.80. The van der Waals surface area contributed by atoms with Crippen LogP contribution in [0.3, 0.4) is 0 Å². The van der Waals surface area contributed by atoms with Crippen molar-refractivity contribution in [3.8, 4) is 0 Å². The molecule has 0 radical (unpaired) electrons. The van der Waals surface area contributed by atoms with Gasteiger partial charge in [0.05, 0.1) is 18.1 Å². The number of nitrogens with one attached hydrogen (secondary N) is 2. The van der Waals surface area contributed by atoms with Gasteiger partial charge in [-0.1, -0.05) is 18.2 Å². The molecule has 0 amide bonds. The van der Waals surface area contributed by atoms with Gasteiger partial charge in [0.2, 0.25) is 0 Å². The van der Waals surface area contributed by atoms with Gasteiger partial charge in [-0.25, -0.2) is 9.97 Å². The summed E-state index contributed by atoms with van der Waals surface area (Å²) in [5, 5.41) is 11.9. The molecule has 0 saturated carbocycles. The van der Waals surface area contributed by atoms with Crippen molar-refractivity contribution in [3.63, 3.8) is 0 Å². The molecule has 0 atom stereocenters. The molecule has 0 fully saturated rings. The van der Waals surface area contributed by atoms with E-state index in [1.807, 2.05) is 7.05 Å². The first-order chi connectivity index (χ1) is 13.3. The molecule has 0 aliphatic carbocycles. The van der Waals surface area contributed by atoms with Crippen molar-refractivity contribution in [2.75, 3.05) is 36.4 Å². The van der Waals surface area contributed by atoms with E-state index in [1.54, 1.807) is 17.2 Å². The number of hydrogen-bond donors (Lipinski definition) is 2. The molecule has 1 aliphatic heterocycles. The van der Waals surface area contributed by atoms with Crippen molar-refractivity contribution in [1.82, 2.24) is 25.1 Å². The normalized spacial score (nSPS) is 13.9. The number of nitrogens with zero attached hydrogens (tertiary/aromatic N) is 6. The van der Waals surface area contributed by atoms with Crippen LogP contribution in [0.2, 0.25) is 0 Å². The Kier molecular flexibility index (Phi) is 4.86. The molecule has 0 bridgehead atoms. The fourth-order valence-electron chi connectivity index (χ4n) is 3.39. The quantitative estimate of drug-likeness (QED) is 0.408. The van der Waals surface area contributed by atoms with E-state index in [9.17, 15) is 0 Å². The van der Waals surface area contributed by atoms with Crippen LogP contribution in [-0.4, -0.2) is 51.9 Å². The summed E-state index contributed by atoms with van der Waals surface area (Å²) in [6.45, 7) is 5.22. The van der Waals surface area contributed by atoms with Gasteiger partial charge in [0.25, 0.3) is 0 Å². The fourth-order valence-corrected chi connectivity index (χ4v) is 3.39. The zero-order valence-electron chi connectivity index (χ0n) is 15.7. The summed E-state index contributed by atoms with van der Waals surface area (Å²) >= 11 is 0. The molecule has 2 aromatic heterocycles. The molecule has 3 heterocycles. The minimum absolute atomic E-state index is 0.646. The number of para-hydroxylation sites is 1. The molecule has 1 aliphatic rings. The zero-order valence-corrected chi connectivity index (χ0v) is 15.7. The molecule has 4 rings (SSSR count). The lowest BCUT2D eigenvalue weighted by Crippen LogP contribution is -2.40. The number of rotatable bonds is 5. The lowest BCUT2D eigenvalue weighted by molar-refractivity contribution is 0.785. The number of aromatic nitrogens is 4. The first-order valence-corrected chi connectivity index (χ1v) is 9.28. The number of aliphatic imine (C=N–C) groups is 1. The Balaban J connectivity index is 1.44. The molecule has 0 saturated heterocycles. The Hall–Kier alpha value is -3.16. The molecular weight excluding hydrogens is 340 g/mol. The number of fused-ring (bicyclic) bond motifs is 2. The van der Waals surface area contributed by atoms with Crippen LogP contribution in [0.1, 0.15) is 12.5 Å². The Morgan fingerprint density at radius 2 is 2.15 bits per heavy atom. The Bertz CT molecular complexity index is 961. The van der Waals surface area contributed by atoms with Crippen molar-refractivity contribution in [3.05, 3.63) is 42.4 Å². The third kappa shape index (κ3) is 3.42. The van der Waals surface area contributed by atoms with Gasteiger partial charge >= 0.3 is 0 Å². The van der Waals surface area contributed by atoms with Gasteiger partial charge < -0.3 is 15.5 Å². The van der Waals surface area contributed by atoms with Crippen molar-refractivity contribution >= 4 is 28.5 Å². The standard InChI is InChI=1S/C19H24N8/c1-3-20-19(27-11-8-14-6-4-5-7-16(14)27)22-10-9-21-17-15-12-25-26(2)18(15)24-13-23-17/h4-7,12-13H,3,8-11H2,1-2H3,(H,20,22)(H,21,23,24). The van der Waals surface area contributed by atoms with Gasteiger partial charge in [-0.15, -0.1) is 0 Å². The fraction of sp³-hybridized carbons (Fsp3) is 0.368. The highest BCUT2D eigenvalue weighted by molar-refractivity contribution is 5.98. The minimum atomic E-state index is 0.646. The molecule has 8 heteroatoms. The highest BCUT2D eigenvalue weighted by Crippen LogP contribution is 2.27. The van der Waals surface area contributed by atoms with Crippen LogP contribution in [0.15, 0.2) is 41.8 Å². The second-order valence-corrected chi connectivity index (χ2v) is 6.42. The summed E-state index contributed by atoms with van der Waals surface area (Å²) in [7, 11) is 1.87. The summed E-state index contributed by atoms with van der Waals surface area (Å²) in [4.78, 5) is 15.7. The molecular formula is C19H24N8. The molecule has 1 aromatic carbocycles. The molecule has 2 N–H and O–H groups in total. The van der Waals surface area contributed by atoms with E-state index >= 15 is 0 Å². The average Bonchev–Trinajstić information content (AvgIpc) is 3.29. The van der Waals surface area contributed by atoms with Gasteiger partial charge in [0.15, 0.2) is 11.6 Å². The van der Waals surface area contributed by atoms with Gasteiger partial charge in [-0.3, -0.25) is 9.67 Å². The summed E-state index contributed by atoms with van der Waals surface area (Å²) in [6.07, 6.45) is 4.39. The first kappa shape index (κ1) is 17.3. The number of hydrogen-bond acceptors (Lipinski definition) is 5. The van der Waals surface area contributed by atoms with Crippen LogP contribution >= 0.6 is 0 Å². The molecule has 27 heavy (non-hydrogen) atoms. The zero-order chi connectivity index (χ0) is 18.6. The monoisotopic (exact) mass is 364 g/mol. The molecule has 3 aromatic rings. The maximum Gasteiger partial charge on any atom is 0.198 e. The Morgan fingerprint density at radius 3 is 3.04 bits per heavy atom. The van der Waals surface area contributed by atoms with Crippen molar-refractivity contribution < 1.29 is 0 Å². The number of guanidine groups is 1. The Morgan fingerprint density at radius 1 is 1.26 bits per heavy atom. The summed E-state index contributed by atoms with van der Waals surface area (Å²) in [6, 6.07) is 8.52. The topological polar surface area (TPSA) is 83.3 Å². The maximum absolute atomic E-state index is 4.80. The van der Waals surface area contributed by atoms with E-state index in [-0.39, 0.29) is 0 Å². The van der Waals surface area contributed by atoms with Gasteiger partial charge in [-0.05, 0) is 25.0 Å². The molecule has 8 nitrogen and oxygen atoms in total. The summed E-state index contributed by atoms with van der Waals surface area (Å²) in [5.41, 5.74) is 3.44. The SMILES string of the molecule is CCNC(=NCCNc1ncnc2c1cnn2C)N1CCc2ccccc21. The van der Waals surface area contributed by atoms with Gasteiger partial charge in [-0.2, -0.15) is 5.10 Å². The predicted molar refractivity (Wildman–Crippen MR) is 108 cm³/mol. The lowest BCUT2D eigenvalue weighted by atomic mass is 10.2. The van der Waals surface area contributed by atoms with Crippen molar-refractivity contribution in [2.24, 2.45) is 12.0 Å². The average molecular weight is 364 g/mol. The van der Waals surface area contributed by atoms with E-state index in [2.05, 4.69) is 61.8 Å². The second kappa shape index (κ2) is 7.61. The Labute approximate surface area is 158 Å². The van der Waals surface area contributed by atoms with Crippen molar-refractivity contribution in [1.29, 1.82) is 0 Å². The highest BCUT2D eigenvalue weighted by atomic mass is 15.3. The second-order valence-electron chi connectivity index (χ2n) is 6.42. The summed E-state index contributed by atoms with van der Waals surface area (Å²) in [5.74, 6) is 1.72. The first-order valence-electron chi connectivity index (χ1n) is 9.28. The van der Waals surface area contributed by atoms with E-state index < -0.39 is 0 Å². The van der Waals surface area contributed by atoms with Crippen molar-refractivity contribution in [2.45, 2.75) is 13.3 Å². The summed E-state index contributed by atoms with van der Waals surface area (Å²) < 4.78 is 1.74. The smallest absolute Gasteiger partial charge is 0.198 e. The van der Waals surface area contributed by atoms with Crippen LogP contribution in [-0.2, 0) is 13.5 Å². The molecule has 140 valence electrons. The minimum Gasteiger partial charge on any atom is -0.367 e. The third-order valence-corrected chi connectivity index (χ3v) is 4.67. The van der Waals surface area contributed by atoms with E-state index in [1.165, 1.54) is 11.3 Å². The van der Waals surface area contributed by atoms with Gasteiger partial charge in [0.1, 0.15) is 12.1 Å². The highest BCUT2D eigenvalue weighted by Gasteiger charge is 2.22. The van der Waals surface area contributed by atoms with Crippen LogP contribution in [0, 0.1) is 0 Å². The van der Waals surface area contributed by atoms with E-state index in [0.29, 0.717) is 13.1 Å². The van der Waals surface area contributed by atoms with E-state index in [0.717, 1.165) is 42.3 Å². The molecule has 0 spiro atoms. The lowest BCUT2D eigenvalue weighted by Gasteiger charge is -2.22. The maximum atomic E-state index is 4.80. The largest absolute Gasteiger partial charge is 0.367 e. The number of benzene rings is 1. The molecule has 0 unspecified atom stereocenters. The number of anilines is 2. The van der Waals surface area contributed by atoms with Crippen LogP contribution in [0.5, 0.6) is 0 Å². The van der Waals surface area contributed by atoms with Gasteiger partial charge in [0, 0.05) is 32.4 Å².